The number of unbranched alkanes of at least 4 members (excludes halogenated alkanes) is 10. The molecule has 18 unspecified atom stereocenters. The summed E-state index contributed by atoms with van der Waals surface area (Å²) >= 11 is 0. The van der Waals surface area contributed by atoms with Gasteiger partial charge in [0.15, 0.2) is 0 Å². The van der Waals surface area contributed by atoms with Crippen molar-refractivity contribution in [2.24, 2.45) is 99.6 Å². The lowest BCUT2D eigenvalue weighted by molar-refractivity contribution is -0.169. The molecule has 0 aromatic heterocycles. The Morgan fingerprint density at radius 2 is 1.18 bits per heavy atom. The van der Waals surface area contributed by atoms with Crippen molar-refractivity contribution in [3.05, 3.63) is 24.8 Å². The average Bonchev–Trinajstić information content (AvgIpc) is 1.58. The number of cyclic esters (lactones) is 1. The Bertz CT molecular complexity index is 2170. The molecule has 7 aliphatic rings. The summed E-state index contributed by atoms with van der Waals surface area (Å²) in [5.74, 6) is 9.22. The molecule has 6 aliphatic carbocycles. The van der Waals surface area contributed by atoms with E-state index in [2.05, 4.69) is 61.6 Å². The Hall–Kier alpha value is -2.64. The summed E-state index contributed by atoms with van der Waals surface area (Å²) in [5, 5.41) is 0. The molecule has 1 aliphatic heterocycles. The highest BCUT2D eigenvalue weighted by atomic mass is 16.6. The van der Waals surface area contributed by atoms with E-state index >= 15 is 0 Å². The van der Waals surface area contributed by atoms with Crippen molar-refractivity contribution in [3.8, 4) is 0 Å². The van der Waals surface area contributed by atoms with Crippen LogP contribution in [-0.2, 0) is 38.1 Å². The number of esters is 4. The fourth-order valence-corrected chi connectivity index (χ4v) is 21.3. The average molecular weight is 1270 g/mol. The third-order valence-corrected chi connectivity index (χ3v) is 27.1. The molecule has 1 saturated heterocycles. The van der Waals surface area contributed by atoms with E-state index in [1.165, 1.54) is 205 Å². The molecule has 8 heteroatoms. The molecule has 0 aromatic rings. The molecular weight excluding hydrogens is 1120 g/mol. The maximum atomic E-state index is 14.5. The van der Waals surface area contributed by atoms with Gasteiger partial charge < -0.3 is 18.9 Å². The van der Waals surface area contributed by atoms with Gasteiger partial charge >= 0.3 is 23.9 Å². The second kappa shape index (κ2) is 38.9. The minimum Gasteiger partial charge on any atom is -0.465 e. The lowest BCUT2D eigenvalue weighted by Gasteiger charge is -2.45. The molecule has 1 heterocycles. The Kier molecular flexibility index (Phi) is 32.4. The highest BCUT2D eigenvalue weighted by Gasteiger charge is 2.60. The van der Waals surface area contributed by atoms with E-state index < -0.39 is 5.60 Å². The molecule has 0 amide bonds. The van der Waals surface area contributed by atoms with Gasteiger partial charge in [0.2, 0.25) is 0 Å². The van der Waals surface area contributed by atoms with Gasteiger partial charge in [-0.05, 0) is 231 Å². The standard InChI is InChI=1S/C83H142O8/c1-11-16-18-19-23-29-38-67-45-44-66(37-30-24-22-27-35-50-83(15-5,49-17-12-2)80(87)90-60-69-52-63-42-43-64(51-62(8)72(69)53-63)58-89-79(86)61(6)7)70-39-31-25-20-21-26-32-41-78(85)91-82(10,48-34-28-33-46-81(9,14-4)47-36-40-71(67)70)76-57-68-56-75(76)74-55-65(54-73(68)74)59-88-77(84)13-3/h13,62-76H,3,6,11-12,14-60H2,1-2,4-5,7-10H3. The van der Waals surface area contributed by atoms with Crippen LogP contribution in [0, 0.1) is 99.6 Å². The highest BCUT2D eigenvalue weighted by Crippen LogP contribution is 2.65. The van der Waals surface area contributed by atoms with Gasteiger partial charge in [-0.2, -0.15) is 0 Å². The number of rotatable bonds is 30. The second-order valence-electron chi connectivity index (χ2n) is 33.5. The minimum atomic E-state index is -0.399. The molecular formula is C83H142O8. The second-order valence-corrected chi connectivity index (χ2v) is 33.5. The van der Waals surface area contributed by atoms with Gasteiger partial charge in [-0.1, -0.05) is 215 Å². The zero-order valence-electron chi connectivity index (χ0n) is 60.6. The fraction of sp³-hybridized carbons (Fsp3) is 0.904. The Morgan fingerprint density at radius 3 is 1.87 bits per heavy atom. The molecule has 91 heavy (non-hydrogen) atoms. The molecule has 0 N–H and O–H groups in total. The molecule has 7 rings (SSSR count). The minimum absolute atomic E-state index is 0.0441. The quantitative estimate of drug-likeness (QED) is 0.0303. The van der Waals surface area contributed by atoms with Crippen molar-refractivity contribution < 1.29 is 38.1 Å². The maximum absolute atomic E-state index is 14.5. The van der Waals surface area contributed by atoms with Crippen LogP contribution in [0.3, 0.4) is 0 Å². The molecule has 0 radical (unpaired) electrons. The van der Waals surface area contributed by atoms with E-state index in [0.29, 0.717) is 96.4 Å². The number of ether oxygens (including phenoxy) is 4. The normalized spacial score (nSPS) is 35.2. The van der Waals surface area contributed by atoms with E-state index in [1.807, 2.05) is 0 Å². The van der Waals surface area contributed by atoms with Gasteiger partial charge in [0.05, 0.1) is 25.2 Å². The summed E-state index contributed by atoms with van der Waals surface area (Å²) < 4.78 is 24.6. The molecule has 0 spiro atoms. The number of carbonyl (C=O) groups is 4. The van der Waals surface area contributed by atoms with Crippen LogP contribution >= 0.6 is 0 Å². The SMILES string of the molecule is C=CC(=O)OCC1CC2C3CC(C2C1)C(C1(C)CCCCCC(C)(CC)CCCC2C(CCCCCCCC)CCC(CCCCCCCC(CC)(CCCC)C(=O)OCC4CC5CCC(COC(=O)C(=C)C)CC(C)C4C5)C2CCCCCCCCC(=O)O1)C3. The Balaban J connectivity index is 0.919. The van der Waals surface area contributed by atoms with Crippen LogP contribution in [0.1, 0.15) is 351 Å². The van der Waals surface area contributed by atoms with Crippen LogP contribution in [0.25, 0.3) is 0 Å². The van der Waals surface area contributed by atoms with E-state index in [4.69, 9.17) is 18.9 Å². The first kappa shape index (κ1) is 75.7. The van der Waals surface area contributed by atoms with Gasteiger partial charge in [-0.3, -0.25) is 9.59 Å². The van der Waals surface area contributed by atoms with Crippen LogP contribution in [-0.4, -0.2) is 49.3 Å². The molecule has 8 nitrogen and oxygen atoms in total. The number of fused-ring (bicyclic) bond motifs is 8. The highest BCUT2D eigenvalue weighted by molar-refractivity contribution is 5.86. The van der Waals surface area contributed by atoms with Crippen LogP contribution in [0.5, 0.6) is 0 Å². The van der Waals surface area contributed by atoms with E-state index in [9.17, 15) is 19.2 Å². The van der Waals surface area contributed by atoms with Gasteiger partial charge in [0.25, 0.3) is 0 Å². The lowest BCUT2D eigenvalue weighted by Crippen LogP contribution is -2.45. The summed E-state index contributed by atoms with van der Waals surface area (Å²) in [7, 11) is 0. The molecule has 522 valence electrons. The first-order chi connectivity index (χ1) is 44.0. The fourth-order valence-electron chi connectivity index (χ4n) is 21.3. The summed E-state index contributed by atoms with van der Waals surface area (Å²) in [6.07, 6.45) is 57.7. The van der Waals surface area contributed by atoms with E-state index in [0.717, 1.165) is 119 Å². The maximum Gasteiger partial charge on any atom is 0.333 e. The van der Waals surface area contributed by atoms with Crippen molar-refractivity contribution in [1.29, 1.82) is 0 Å². The van der Waals surface area contributed by atoms with Gasteiger partial charge in [0.1, 0.15) is 5.60 Å². The Labute approximate surface area is 559 Å². The Morgan fingerprint density at radius 1 is 0.560 bits per heavy atom. The van der Waals surface area contributed by atoms with Crippen LogP contribution < -0.4 is 0 Å². The van der Waals surface area contributed by atoms with E-state index in [1.54, 1.807) is 6.92 Å². The number of hydrogen-bond acceptors (Lipinski definition) is 8. The van der Waals surface area contributed by atoms with Crippen molar-refractivity contribution in [1.82, 2.24) is 0 Å². The van der Waals surface area contributed by atoms with Crippen molar-refractivity contribution in [2.75, 3.05) is 19.8 Å². The molecule has 6 saturated carbocycles. The summed E-state index contributed by atoms with van der Waals surface area (Å²) in [6, 6.07) is 0. The van der Waals surface area contributed by atoms with Crippen LogP contribution in [0.2, 0.25) is 0 Å². The largest absolute Gasteiger partial charge is 0.465 e. The van der Waals surface area contributed by atoms with Gasteiger partial charge in [0, 0.05) is 24.0 Å². The molecule has 0 aromatic carbocycles. The third kappa shape index (κ3) is 22.7. The van der Waals surface area contributed by atoms with Gasteiger partial charge in [-0.15, -0.1) is 0 Å². The zero-order valence-corrected chi connectivity index (χ0v) is 60.6. The third-order valence-electron chi connectivity index (χ3n) is 27.1. The summed E-state index contributed by atoms with van der Waals surface area (Å²) in [6.45, 7) is 27.4. The summed E-state index contributed by atoms with van der Waals surface area (Å²) in [5.41, 5.74) is 0.0778. The first-order valence-electron chi connectivity index (χ1n) is 40.0. The molecule has 4 bridgehead atoms. The number of carbonyl (C=O) groups excluding carboxylic acids is 4. The van der Waals surface area contributed by atoms with E-state index in [-0.39, 0.29) is 29.3 Å². The lowest BCUT2D eigenvalue weighted by atomic mass is 9.61. The van der Waals surface area contributed by atoms with Crippen LogP contribution in [0.15, 0.2) is 24.8 Å². The monoisotopic (exact) mass is 1270 g/mol. The smallest absolute Gasteiger partial charge is 0.333 e. The van der Waals surface area contributed by atoms with Crippen molar-refractivity contribution >= 4 is 23.9 Å². The van der Waals surface area contributed by atoms with Gasteiger partial charge in [-0.25, -0.2) is 9.59 Å². The predicted molar refractivity (Wildman–Crippen MR) is 376 cm³/mol. The predicted octanol–water partition coefficient (Wildman–Crippen LogP) is 23.1. The van der Waals surface area contributed by atoms with Crippen LogP contribution in [0.4, 0.5) is 0 Å². The number of hydrogen-bond donors (Lipinski definition) is 0. The van der Waals surface area contributed by atoms with Crippen molar-refractivity contribution in [2.45, 2.75) is 356 Å². The molecule has 7 fully saturated rings. The van der Waals surface area contributed by atoms with Crippen molar-refractivity contribution in [3.63, 3.8) is 0 Å². The molecule has 18 atom stereocenters. The zero-order chi connectivity index (χ0) is 65.2. The topological polar surface area (TPSA) is 105 Å². The summed E-state index contributed by atoms with van der Waals surface area (Å²) in [4.78, 5) is 52.6. The first-order valence-corrected chi connectivity index (χ1v) is 40.0.